The molecule has 0 amide bonds. The Hall–Kier alpha value is -2.88. The van der Waals surface area contributed by atoms with Crippen LogP contribution in [0.25, 0.3) is 5.69 Å². The number of hydrogen-bond acceptors (Lipinski definition) is 8. The van der Waals surface area contributed by atoms with Gasteiger partial charge in [0.25, 0.3) is 0 Å². The zero-order valence-corrected chi connectivity index (χ0v) is 20.9. The van der Waals surface area contributed by atoms with E-state index in [2.05, 4.69) is 75.3 Å². The van der Waals surface area contributed by atoms with E-state index in [-0.39, 0.29) is 0 Å². The molecular weight excluding hydrogens is 466 g/mol. The summed E-state index contributed by atoms with van der Waals surface area (Å²) >= 11 is 3.27. The van der Waals surface area contributed by atoms with Crippen molar-refractivity contribution in [3.63, 3.8) is 0 Å². The lowest BCUT2D eigenvalue weighted by Crippen LogP contribution is -2.37. The van der Waals surface area contributed by atoms with Crippen LogP contribution in [0.4, 0.5) is 5.95 Å². The number of thioether (sulfide) groups is 1. The Morgan fingerprint density at radius 3 is 2.41 bits per heavy atom. The molecule has 7 nitrogen and oxygen atoms in total. The normalized spacial score (nSPS) is 13.9. The SMILES string of the molecule is Cc1ccc(OCc2nc(CSc3nnc(N4CCOCC4)n3-c3ccc(C)cc3)cs2)cc1. The summed E-state index contributed by atoms with van der Waals surface area (Å²) in [6, 6.07) is 16.6. The Bertz CT molecular complexity index is 1220. The van der Waals surface area contributed by atoms with Gasteiger partial charge < -0.3 is 14.4 Å². The Balaban J connectivity index is 1.29. The van der Waals surface area contributed by atoms with E-state index in [1.54, 1.807) is 23.1 Å². The number of aromatic nitrogens is 4. The van der Waals surface area contributed by atoms with Crippen LogP contribution >= 0.6 is 23.1 Å². The van der Waals surface area contributed by atoms with Crippen molar-refractivity contribution in [2.45, 2.75) is 31.4 Å². The van der Waals surface area contributed by atoms with E-state index in [9.17, 15) is 0 Å². The molecule has 0 spiro atoms. The minimum absolute atomic E-state index is 0.471. The van der Waals surface area contributed by atoms with Gasteiger partial charge in [0.15, 0.2) is 5.16 Å². The van der Waals surface area contributed by atoms with Crippen LogP contribution < -0.4 is 9.64 Å². The topological polar surface area (TPSA) is 65.3 Å². The van der Waals surface area contributed by atoms with E-state index >= 15 is 0 Å². The lowest BCUT2D eigenvalue weighted by atomic mass is 10.2. The monoisotopic (exact) mass is 493 g/mol. The van der Waals surface area contributed by atoms with Crippen molar-refractivity contribution in [3.8, 4) is 11.4 Å². The third-order valence-corrected chi connectivity index (χ3v) is 7.37. The van der Waals surface area contributed by atoms with Gasteiger partial charge in [0.1, 0.15) is 17.4 Å². The highest BCUT2D eigenvalue weighted by atomic mass is 32.2. The fraction of sp³-hybridized carbons (Fsp3) is 0.320. The second-order valence-corrected chi connectivity index (χ2v) is 10.1. The molecule has 5 rings (SSSR count). The lowest BCUT2D eigenvalue weighted by molar-refractivity contribution is 0.122. The number of rotatable bonds is 8. The van der Waals surface area contributed by atoms with Gasteiger partial charge in [-0.2, -0.15) is 0 Å². The number of thiazole rings is 1. The largest absolute Gasteiger partial charge is 0.486 e. The van der Waals surface area contributed by atoms with Gasteiger partial charge in [-0.3, -0.25) is 4.57 Å². The molecule has 0 atom stereocenters. The van der Waals surface area contributed by atoms with E-state index in [0.29, 0.717) is 25.6 Å². The number of anilines is 1. The van der Waals surface area contributed by atoms with Crippen molar-refractivity contribution in [2.75, 3.05) is 31.2 Å². The van der Waals surface area contributed by atoms with Crippen LogP contribution in [-0.4, -0.2) is 46.1 Å². The zero-order valence-electron chi connectivity index (χ0n) is 19.3. The minimum atomic E-state index is 0.471. The third-order valence-electron chi connectivity index (χ3n) is 5.53. The van der Waals surface area contributed by atoms with Crippen molar-refractivity contribution in [1.82, 2.24) is 19.7 Å². The van der Waals surface area contributed by atoms with Crippen LogP contribution in [-0.2, 0) is 17.1 Å². The molecule has 1 aliphatic rings. The molecule has 34 heavy (non-hydrogen) atoms. The van der Waals surface area contributed by atoms with Gasteiger partial charge in [-0.05, 0) is 38.1 Å². The van der Waals surface area contributed by atoms with Gasteiger partial charge in [0.2, 0.25) is 5.95 Å². The first-order valence-electron chi connectivity index (χ1n) is 11.3. The summed E-state index contributed by atoms with van der Waals surface area (Å²) in [4.78, 5) is 7.00. The molecule has 1 fully saturated rings. The Morgan fingerprint density at radius 2 is 1.68 bits per heavy atom. The fourth-order valence-corrected chi connectivity index (χ4v) is 5.29. The van der Waals surface area contributed by atoms with Crippen LogP contribution in [0.3, 0.4) is 0 Å². The molecule has 0 unspecified atom stereocenters. The first-order valence-corrected chi connectivity index (χ1v) is 13.1. The van der Waals surface area contributed by atoms with Crippen molar-refractivity contribution in [1.29, 1.82) is 0 Å². The molecule has 9 heteroatoms. The Morgan fingerprint density at radius 1 is 0.971 bits per heavy atom. The average Bonchev–Trinajstić information content (AvgIpc) is 3.50. The standard InChI is InChI=1S/C25H27N5O2S2/c1-18-3-7-21(8-4-18)30-24(29-11-13-31-14-12-29)27-28-25(30)34-17-20-16-33-23(26-20)15-32-22-9-5-19(2)6-10-22/h3-10,16H,11-15,17H2,1-2H3. The number of morpholine rings is 1. The van der Waals surface area contributed by atoms with Crippen LogP contribution in [0.15, 0.2) is 59.1 Å². The van der Waals surface area contributed by atoms with Crippen LogP contribution in [0.1, 0.15) is 21.8 Å². The summed E-state index contributed by atoms with van der Waals surface area (Å²) in [6.45, 7) is 7.66. The number of hydrogen-bond donors (Lipinski definition) is 0. The van der Waals surface area contributed by atoms with Crippen molar-refractivity contribution < 1.29 is 9.47 Å². The first-order chi connectivity index (χ1) is 16.7. The fourth-order valence-electron chi connectivity index (χ4n) is 3.64. The summed E-state index contributed by atoms with van der Waals surface area (Å²) in [5.74, 6) is 2.44. The molecule has 176 valence electrons. The molecule has 0 bridgehead atoms. The maximum absolute atomic E-state index is 5.88. The zero-order chi connectivity index (χ0) is 23.3. The highest BCUT2D eigenvalue weighted by Crippen LogP contribution is 2.30. The lowest BCUT2D eigenvalue weighted by Gasteiger charge is -2.27. The minimum Gasteiger partial charge on any atom is -0.486 e. The van der Waals surface area contributed by atoms with Gasteiger partial charge in [0.05, 0.1) is 24.6 Å². The molecule has 2 aromatic heterocycles. The van der Waals surface area contributed by atoms with Crippen molar-refractivity contribution >= 4 is 29.0 Å². The van der Waals surface area contributed by atoms with Gasteiger partial charge in [-0.1, -0.05) is 47.2 Å². The highest BCUT2D eigenvalue weighted by molar-refractivity contribution is 7.98. The van der Waals surface area contributed by atoms with E-state index in [4.69, 9.17) is 14.5 Å². The molecule has 0 radical (unpaired) electrons. The molecule has 4 aromatic rings. The van der Waals surface area contributed by atoms with Crippen LogP contribution in [0.5, 0.6) is 5.75 Å². The van der Waals surface area contributed by atoms with Gasteiger partial charge in [-0.25, -0.2) is 4.98 Å². The molecule has 0 saturated carbocycles. The van der Waals surface area contributed by atoms with Crippen molar-refractivity contribution in [3.05, 3.63) is 75.7 Å². The van der Waals surface area contributed by atoms with Gasteiger partial charge in [-0.15, -0.1) is 21.5 Å². The number of aryl methyl sites for hydroxylation is 2. The summed E-state index contributed by atoms with van der Waals surface area (Å²) in [5.41, 5.74) is 4.52. The summed E-state index contributed by atoms with van der Waals surface area (Å²) in [6.07, 6.45) is 0. The predicted molar refractivity (Wildman–Crippen MR) is 136 cm³/mol. The molecular formula is C25H27N5O2S2. The third kappa shape index (κ3) is 5.43. The van der Waals surface area contributed by atoms with E-state index < -0.39 is 0 Å². The molecule has 3 heterocycles. The molecule has 1 saturated heterocycles. The van der Waals surface area contributed by atoms with E-state index in [1.165, 1.54) is 11.1 Å². The molecule has 0 aliphatic carbocycles. The molecule has 1 aliphatic heterocycles. The first kappa shape index (κ1) is 22.9. The molecule has 2 aromatic carbocycles. The average molecular weight is 494 g/mol. The quantitative estimate of drug-likeness (QED) is 0.318. The summed E-state index contributed by atoms with van der Waals surface area (Å²) in [7, 11) is 0. The number of benzene rings is 2. The van der Waals surface area contributed by atoms with Gasteiger partial charge in [0, 0.05) is 24.2 Å². The van der Waals surface area contributed by atoms with Crippen molar-refractivity contribution in [2.24, 2.45) is 0 Å². The maximum atomic E-state index is 5.88. The highest BCUT2D eigenvalue weighted by Gasteiger charge is 2.22. The predicted octanol–water partition coefficient (Wildman–Crippen LogP) is 5.05. The smallest absolute Gasteiger partial charge is 0.232 e. The van der Waals surface area contributed by atoms with Gasteiger partial charge >= 0.3 is 0 Å². The van der Waals surface area contributed by atoms with Crippen LogP contribution in [0.2, 0.25) is 0 Å². The second-order valence-electron chi connectivity index (χ2n) is 8.18. The molecule has 0 N–H and O–H groups in total. The number of nitrogens with zero attached hydrogens (tertiary/aromatic N) is 5. The Kier molecular flexibility index (Phi) is 7.13. The number of ether oxygens (including phenoxy) is 2. The second kappa shape index (κ2) is 10.6. The summed E-state index contributed by atoms with van der Waals surface area (Å²) < 4.78 is 13.5. The summed E-state index contributed by atoms with van der Waals surface area (Å²) in [5, 5.41) is 13.0. The maximum Gasteiger partial charge on any atom is 0.232 e. The van der Waals surface area contributed by atoms with Crippen LogP contribution in [0, 0.1) is 13.8 Å². The Labute approximate surface area is 207 Å². The van der Waals surface area contributed by atoms with E-state index in [1.807, 2.05) is 12.1 Å². The van der Waals surface area contributed by atoms with E-state index in [0.717, 1.165) is 46.3 Å².